The molecule has 1 amide bonds. The molecule has 0 spiro atoms. The molecule has 1 rings (SSSR count). The molecule has 0 aromatic heterocycles. The van der Waals surface area contributed by atoms with Gasteiger partial charge in [0, 0.05) is 24.2 Å². The summed E-state index contributed by atoms with van der Waals surface area (Å²) in [6.45, 7) is 1.48. The highest BCUT2D eigenvalue weighted by Gasteiger charge is 2.18. The maximum Gasteiger partial charge on any atom is 0.271 e. The number of carboxylic acids is 1. The first kappa shape index (κ1) is 19.5. The minimum absolute atomic E-state index is 0.151. The lowest BCUT2D eigenvalue weighted by Crippen LogP contribution is -3.06. The summed E-state index contributed by atoms with van der Waals surface area (Å²) in [4.78, 5) is 34.5. The van der Waals surface area contributed by atoms with Crippen molar-refractivity contribution in [2.24, 2.45) is 0 Å². The number of anilines is 1. The fourth-order valence-corrected chi connectivity index (χ4v) is 2.15. The number of nitrogens with one attached hydrogen (secondary N) is 2. The largest absolute Gasteiger partial charge is 0.544 e. The second-order valence-electron chi connectivity index (χ2n) is 5.82. The Balaban J connectivity index is 2.54. The number of carbonyl (C=O) groups is 2. The zero-order chi connectivity index (χ0) is 18.1. The van der Waals surface area contributed by atoms with Crippen molar-refractivity contribution in [3.63, 3.8) is 0 Å². The number of nitrogens with two attached hydrogens (primary N) is 1. The smallest absolute Gasteiger partial charge is 0.271 e. The van der Waals surface area contributed by atoms with E-state index in [1.54, 1.807) is 5.32 Å². The zero-order valence-electron chi connectivity index (χ0n) is 13.8. The number of amides is 1. The van der Waals surface area contributed by atoms with E-state index < -0.39 is 22.8 Å². The molecule has 4 N–H and O–H groups in total. The Bertz CT molecular complexity index is 591. The number of carbonyl (C=O) groups excluding carboxylic acids is 2. The van der Waals surface area contributed by atoms with Gasteiger partial charge in [0.15, 0.2) is 0 Å². The van der Waals surface area contributed by atoms with Gasteiger partial charge >= 0.3 is 0 Å². The number of nitro benzene ring substituents is 1. The first-order valence-corrected chi connectivity index (χ1v) is 7.67. The van der Waals surface area contributed by atoms with Crippen molar-refractivity contribution in [3.8, 4) is 0 Å². The highest BCUT2D eigenvalue weighted by atomic mass is 16.6. The van der Waals surface area contributed by atoms with Crippen molar-refractivity contribution in [2.45, 2.75) is 18.9 Å². The monoisotopic (exact) mass is 339 g/mol. The normalized spacial score (nSPS) is 12.0. The molecule has 1 atom stereocenters. The van der Waals surface area contributed by atoms with Crippen LogP contribution >= 0.6 is 0 Å². The van der Waals surface area contributed by atoms with Crippen LogP contribution in [-0.4, -0.2) is 50.0 Å². The van der Waals surface area contributed by atoms with Crippen molar-refractivity contribution >= 4 is 23.3 Å². The molecule has 0 aliphatic rings. The number of carboxylic acid groups (broad SMARTS) is 1. The second-order valence-corrected chi connectivity index (χ2v) is 5.82. The Morgan fingerprint density at radius 3 is 2.67 bits per heavy atom. The van der Waals surface area contributed by atoms with Crippen LogP contribution in [0.25, 0.3) is 0 Å². The summed E-state index contributed by atoms with van der Waals surface area (Å²) in [5.41, 5.74) is 0.101. The Hall–Kier alpha value is -2.52. The van der Waals surface area contributed by atoms with E-state index in [-0.39, 0.29) is 17.8 Å². The molecular formula is C15H23N4O5+. The molecule has 0 bridgehead atoms. The van der Waals surface area contributed by atoms with Crippen LogP contribution in [0.5, 0.6) is 0 Å². The van der Waals surface area contributed by atoms with Gasteiger partial charge in [0.1, 0.15) is 6.04 Å². The minimum atomic E-state index is -1.30. The second kappa shape index (κ2) is 9.58. The molecule has 1 aromatic rings. The van der Waals surface area contributed by atoms with Crippen LogP contribution in [0.1, 0.15) is 12.8 Å². The number of rotatable bonds is 10. The highest BCUT2D eigenvalue weighted by Crippen LogP contribution is 2.17. The number of nitro groups is 1. The van der Waals surface area contributed by atoms with Gasteiger partial charge in [0.05, 0.1) is 44.5 Å². The first-order chi connectivity index (χ1) is 11.3. The maximum absolute atomic E-state index is 12.0. The van der Waals surface area contributed by atoms with Crippen molar-refractivity contribution in [2.75, 3.05) is 32.5 Å². The predicted molar refractivity (Wildman–Crippen MR) is 84.2 cm³/mol. The Kier molecular flexibility index (Phi) is 7.80. The molecule has 132 valence electrons. The number of nitrogens with zero attached hydrogens (tertiary/aromatic N) is 1. The Labute approximate surface area is 139 Å². The molecular weight excluding hydrogens is 316 g/mol. The topological polar surface area (TPSA) is 133 Å². The summed E-state index contributed by atoms with van der Waals surface area (Å²) >= 11 is 0. The molecule has 0 unspecified atom stereocenters. The lowest BCUT2D eigenvalue weighted by molar-refractivity contribution is -0.860. The standard InChI is InChI=1S/C15H22N4O5/c1-18(2)8-4-7-16-13(15(21)22)10-14(20)17-11-5-3-6-12(9-11)19(23)24/h3,5-6,9,13,16H,4,7-8,10H2,1-2H3,(H,17,20)(H,21,22)/p+1/t13-/m0/s1. The van der Waals surface area contributed by atoms with Gasteiger partial charge in [-0.1, -0.05) is 6.07 Å². The quantitative estimate of drug-likeness (QED) is 0.239. The summed E-state index contributed by atoms with van der Waals surface area (Å²) in [7, 11) is 4.01. The van der Waals surface area contributed by atoms with Gasteiger partial charge in [-0.15, -0.1) is 0 Å². The van der Waals surface area contributed by atoms with Crippen molar-refractivity contribution in [1.29, 1.82) is 0 Å². The van der Waals surface area contributed by atoms with Crippen molar-refractivity contribution in [1.82, 2.24) is 0 Å². The first-order valence-electron chi connectivity index (χ1n) is 7.67. The lowest BCUT2D eigenvalue weighted by atomic mass is 10.2. The van der Waals surface area contributed by atoms with E-state index in [0.29, 0.717) is 6.54 Å². The summed E-state index contributed by atoms with van der Waals surface area (Å²) in [5, 5.41) is 25.9. The van der Waals surface area contributed by atoms with Crippen LogP contribution < -0.4 is 20.6 Å². The van der Waals surface area contributed by atoms with Gasteiger partial charge in [-0.2, -0.15) is 0 Å². The van der Waals surface area contributed by atoms with E-state index in [2.05, 4.69) is 5.32 Å². The van der Waals surface area contributed by atoms with Crippen LogP contribution in [0.4, 0.5) is 11.4 Å². The lowest BCUT2D eigenvalue weighted by Gasteiger charge is -2.16. The van der Waals surface area contributed by atoms with Gasteiger partial charge in [0.25, 0.3) is 5.69 Å². The number of hydrogen-bond donors (Lipinski definition) is 3. The van der Waals surface area contributed by atoms with Gasteiger partial charge < -0.3 is 25.4 Å². The van der Waals surface area contributed by atoms with Gasteiger partial charge in [-0.3, -0.25) is 14.9 Å². The van der Waals surface area contributed by atoms with E-state index in [9.17, 15) is 24.8 Å². The minimum Gasteiger partial charge on any atom is -0.544 e. The summed E-state index contributed by atoms with van der Waals surface area (Å²) in [5.74, 6) is -1.83. The highest BCUT2D eigenvalue weighted by molar-refractivity contribution is 5.93. The van der Waals surface area contributed by atoms with Gasteiger partial charge in [0.2, 0.25) is 5.91 Å². The zero-order valence-corrected chi connectivity index (χ0v) is 13.8. The molecule has 9 nitrogen and oxygen atoms in total. The fourth-order valence-electron chi connectivity index (χ4n) is 2.15. The summed E-state index contributed by atoms with van der Waals surface area (Å²) in [6.07, 6.45) is 0.554. The molecule has 9 heteroatoms. The predicted octanol–water partition coefficient (Wildman–Crippen LogP) is -2.86. The molecule has 0 aliphatic carbocycles. The molecule has 0 heterocycles. The van der Waals surface area contributed by atoms with E-state index in [1.807, 2.05) is 14.1 Å². The maximum atomic E-state index is 12.0. The summed E-state index contributed by atoms with van der Waals surface area (Å²) in [6, 6.07) is 4.48. The fraction of sp³-hybridized carbons (Fsp3) is 0.467. The Morgan fingerprint density at radius 2 is 2.08 bits per heavy atom. The number of quaternary nitrogens is 2. The molecule has 0 saturated carbocycles. The Morgan fingerprint density at radius 1 is 1.38 bits per heavy atom. The molecule has 0 aliphatic heterocycles. The molecule has 1 aromatic carbocycles. The molecule has 0 fully saturated rings. The number of aliphatic carboxylic acids is 1. The third-order valence-electron chi connectivity index (χ3n) is 3.38. The van der Waals surface area contributed by atoms with Gasteiger partial charge in [-0.25, -0.2) is 0 Å². The molecule has 24 heavy (non-hydrogen) atoms. The SMILES string of the molecule is C[NH+](C)CCC[NH2+][C@@H](CC(=O)Nc1cccc([N+](=O)[O-])c1)C(=O)[O-]. The van der Waals surface area contributed by atoms with Crippen LogP contribution in [-0.2, 0) is 9.59 Å². The van der Waals surface area contributed by atoms with E-state index in [0.717, 1.165) is 13.0 Å². The van der Waals surface area contributed by atoms with Crippen LogP contribution in [0.2, 0.25) is 0 Å². The average Bonchev–Trinajstić information content (AvgIpc) is 2.50. The van der Waals surface area contributed by atoms with E-state index in [1.165, 1.54) is 29.2 Å². The van der Waals surface area contributed by atoms with Crippen molar-refractivity contribution in [3.05, 3.63) is 34.4 Å². The van der Waals surface area contributed by atoms with Crippen LogP contribution in [0, 0.1) is 10.1 Å². The third-order valence-corrected chi connectivity index (χ3v) is 3.38. The van der Waals surface area contributed by atoms with Crippen LogP contribution in [0.3, 0.4) is 0 Å². The number of benzene rings is 1. The van der Waals surface area contributed by atoms with Crippen LogP contribution in [0.15, 0.2) is 24.3 Å². The number of hydrogen-bond acceptors (Lipinski definition) is 5. The molecule has 0 saturated heterocycles. The van der Waals surface area contributed by atoms with E-state index >= 15 is 0 Å². The number of non-ortho nitro benzene ring substituents is 1. The average molecular weight is 339 g/mol. The summed E-state index contributed by atoms with van der Waals surface area (Å²) < 4.78 is 0. The third kappa shape index (κ3) is 7.16. The molecule has 0 radical (unpaired) electrons. The van der Waals surface area contributed by atoms with Crippen molar-refractivity contribution < 1.29 is 29.8 Å². The van der Waals surface area contributed by atoms with Gasteiger partial charge in [-0.05, 0) is 6.07 Å². The van der Waals surface area contributed by atoms with E-state index in [4.69, 9.17) is 0 Å².